The van der Waals surface area contributed by atoms with Crippen molar-refractivity contribution in [1.29, 1.82) is 0 Å². The topological polar surface area (TPSA) is 84.9 Å². The van der Waals surface area contributed by atoms with Gasteiger partial charge >= 0.3 is 0 Å². The maximum atomic E-state index is 10.3. The molecule has 1 aromatic carbocycles. The highest BCUT2D eigenvalue weighted by molar-refractivity contribution is 5.52. The summed E-state index contributed by atoms with van der Waals surface area (Å²) in [4.78, 5) is 0. The van der Waals surface area contributed by atoms with Crippen LogP contribution in [0.15, 0.2) is 12.1 Å². The highest BCUT2D eigenvalue weighted by atomic mass is 16.5. The standard InChI is InChI=1S/C14H23NO4/c1-14(2,3)13(17)12(15)11-9(16)6-8(18-4)7-10(11)19-5/h6-7,12-13,16-17H,15H2,1-5H3/t12-,13-/m0/s1. The van der Waals surface area contributed by atoms with Crippen molar-refractivity contribution in [2.45, 2.75) is 32.9 Å². The number of benzene rings is 1. The summed E-state index contributed by atoms with van der Waals surface area (Å²) in [6.45, 7) is 5.64. The summed E-state index contributed by atoms with van der Waals surface area (Å²) in [5.41, 5.74) is 6.04. The third-order valence-electron chi connectivity index (χ3n) is 3.11. The molecule has 5 nitrogen and oxygen atoms in total. The van der Waals surface area contributed by atoms with Crippen molar-refractivity contribution >= 4 is 0 Å². The first-order chi connectivity index (χ1) is 8.72. The number of nitrogens with two attached hydrogens (primary N) is 1. The van der Waals surface area contributed by atoms with Gasteiger partial charge in [-0.15, -0.1) is 0 Å². The number of rotatable bonds is 4. The number of aromatic hydroxyl groups is 1. The number of aliphatic hydroxyl groups excluding tert-OH is 1. The molecular weight excluding hydrogens is 246 g/mol. The molecule has 0 amide bonds. The van der Waals surface area contributed by atoms with Crippen molar-refractivity contribution in [3.63, 3.8) is 0 Å². The van der Waals surface area contributed by atoms with Crippen molar-refractivity contribution in [2.75, 3.05) is 14.2 Å². The van der Waals surface area contributed by atoms with Gasteiger partial charge in [-0.05, 0) is 5.41 Å². The van der Waals surface area contributed by atoms with E-state index >= 15 is 0 Å². The van der Waals surface area contributed by atoms with Crippen molar-refractivity contribution < 1.29 is 19.7 Å². The Morgan fingerprint density at radius 2 is 1.74 bits per heavy atom. The van der Waals surface area contributed by atoms with Gasteiger partial charge in [0.1, 0.15) is 17.2 Å². The smallest absolute Gasteiger partial charge is 0.131 e. The molecule has 0 saturated heterocycles. The first-order valence-corrected chi connectivity index (χ1v) is 6.11. The third-order valence-corrected chi connectivity index (χ3v) is 3.11. The number of ether oxygens (including phenoxy) is 2. The van der Waals surface area contributed by atoms with Gasteiger partial charge in [-0.3, -0.25) is 0 Å². The lowest BCUT2D eigenvalue weighted by Gasteiger charge is -2.32. The van der Waals surface area contributed by atoms with Crippen LogP contribution in [-0.4, -0.2) is 30.5 Å². The van der Waals surface area contributed by atoms with Crippen LogP contribution in [0.4, 0.5) is 0 Å². The van der Waals surface area contributed by atoms with Gasteiger partial charge in [-0.1, -0.05) is 20.8 Å². The molecule has 1 rings (SSSR count). The minimum atomic E-state index is -0.819. The monoisotopic (exact) mass is 269 g/mol. The molecule has 0 spiro atoms. The molecule has 19 heavy (non-hydrogen) atoms. The molecule has 2 atom stereocenters. The summed E-state index contributed by atoms with van der Waals surface area (Å²) in [7, 11) is 2.98. The van der Waals surface area contributed by atoms with E-state index < -0.39 is 17.6 Å². The van der Waals surface area contributed by atoms with Crippen molar-refractivity contribution in [3.05, 3.63) is 17.7 Å². The van der Waals surface area contributed by atoms with Gasteiger partial charge in [0.05, 0.1) is 31.9 Å². The highest BCUT2D eigenvalue weighted by Gasteiger charge is 2.32. The van der Waals surface area contributed by atoms with Crippen LogP contribution in [0.1, 0.15) is 32.4 Å². The van der Waals surface area contributed by atoms with Crippen LogP contribution >= 0.6 is 0 Å². The van der Waals surface area contributed by atoms with Crippen LogP contribution in [0.3, 0.4) is 0 Å². The van der Waals surface area contributed by atoms with E-state index in [0.29, 0.717) is 17.1 Å². The normalized spacial score (nSPS) is 14.9. The molecule has 0 fully saturated rings. The van der Waals surface area contributed by atoms with Gasteiger partial charge in [0.15, 0.2) is 0 Å². The summed E-state index contributed by atoms with van der Waals surface area (Å²) < 4.78 is 10.3. The zero-order valence-electron chi connectivity index (χ0n) is 12.1. The second-order valence-electron chi connectivity index (χ2n) is 5.60. The molecule has 0 heterocycles. The Hall–Kier alpha value is -1.46. The van der Waals surface area contributed by atoms with Crippen LogP contribution in [0.2, 0.25) is 0 Å². The molecule has 4 N–H and O–H groups in total. The van der Waals surface area contributed by atoms with Gasteiger partial charge in [-0.2, -0.15) is 0 Å². The molecular formula is C14H23NO4. The lowest BCUT2D eigenvalue weighted by molar-refractivity contribution is 0.0388. The average molecular weight is 269 g/mol. The Morgan fingerprint density at radius 1 is 1.16 bits per heavy atom. The first-order valence-electron chi connectivity index (χ1n) is 6.11. The van der Waals surface area contributed by atoms with E-state index in [-0.39, 0.29) is 5.75 Å². The molecule has 1 aromatic rings. The molecule has 0 aliphatic heterocycles. The van der Waals surface area contributed by atoms with Gasteiger partial charge in [0.25, 0.3) is 0 Å². The Balaban J connectivity index is 3.26. The zero-order chi connectivity index (χ0) is 14.8. The van der Waals surface area contributed by atoms with E-state index in [1.165, 1.54) is 20.3 Å². The zero-order valence-corrected chi connectivity index (χ0v) is 12.1. The van der Waals surface area contributed by atoms with Crippen molar-refractivity contribution in [1.82, 2.24) is 0 Å². The molecule has 0 bridgehead atoms. The van der Waals surface area contributed by atoms with E-state index in [2.05, 4.69) is 0 Å². The minimum absolute atomic E-state index is 0.0491. The van der Waals surface area contributed by atoms with Crippen LogP contribution in [0.25, 0.3) is 0 Å². The van der Waals surface area contributed by atoms with E-state index in [9.17, 15) is 10.2 Å². The molecule has 0 unspecified atom stereocenters. The number of phenols is 1. The van der Waals surface area contributed by atoms with E-state index in [1.54, 1.807) is 6.07 Å². The minimum Gasteiger partial charge on any atom is -0.507 e. The average Bonchev–Trinajstić information content (AvgIpc) is 2.34. The number of aliphatic hydroxyl groups is 1. The maximum Gasteiger partial charge on any atom is 0.131 e. The summed E-state index contributed by atoms with van der Waals surface area (Å²) in [6.07, 6.45) is -0.819. The maximum absolute atomic E-state index is 10.3. The Kier molecular flexibility index (Phi) is 4.66. The second-order valence-corrected chi connectivity index (χ2v) is 5.60. The number of hydrogen-bond donors (Lipinski definition) is 3. The highest BCUT2D eigenvalue weighted by Crippen LogP contribution is 2.40. The predicted molar refractivity (Wildman–Crippen MR) is 73.6 cm³/mol. The third kappa shape index (κ3) is 3.30. The Labute approximate surface area is 114 Å². The summed E-state index contributed by atoms with van der Waals surface area (Å²) in [5.74, 6) is 0.815. The van der Waals surface area contributed by atoms with E-state index in [0.717, 1.165) is 0 Å². The Bertz CT molecular complexity index is 440. The van der Waals surface area contributed by atoms with Crippen LogP contribution in [0.5, 0.6) is 17.2 Å². The molecule has 0 aliphatic carbocycles. The fourth-order valence-corrected chi connectivity index (χ4v) is 1.91. The largest absolute Gasteiger partial charge is 0.507 e. The van der Waals surface area contributed by atoms with Crippen LogP contribution < -0.4 is 15.2 Å². The number of methoxy groups -OCH3 is 2. The van der Waals surface area contributed by atoms with E-state index in [4.69, 9.17) is 15.2 Å². The molecule has 0 aliphatic rings. The van der Waals surface area contributed by atoms with Crippen LogP contribution in [0, 0.1) is 5.41 Å². The molecule has 0 aromatic heterocycles. The fraction of sp³-hybridized carbons (Fsp3) is 0.571. The quantitative estimate of drug-likeness (QED) is 0.776. The predicted octanol–water partition coefficient (Wildman–Crippen LogP) is 1.82. The van der Waals surface area contributed by atoms with Gasteiger partial charge in [-0.25, -0.2) is 0 Å². The lowest BCUT2D eigenvalue weighted by atomic mass is 9.82. The van der Waals surface area contributed by atoms with Crippen molar-refractivity contribution in [3.8, 4) is 17.2 Å². The SMILES string of the molecule is COc1cc(O)c([C@H](N)[C@H](O)C(C)(C)C)c(OC)c1. The first kappa shape index (κ1) is 15.6. The molecule has 0 radical (unpaired) electrons. The fourth-order valence-electron chi connectivity index (χ4n) is 1.91. The van der Waals surface area contributed by atoms with Gasteiger partial charge in [0, 0.05) is 12.1 Å². The lowest BCUT2D eigenvalue weighted by Crippen LogP contribution is -2.37. The molecule has 0 saturated carbocycles. The molecule has 108 valence electrons. The van der Waals surface area contributed by atoms with Crippen molar-refractivity contribution in [2.24, 2.45) is 11.1 Å². The summed E-state index contributed by atoms with van der Waals surface area (Å²) >= 11 is 0. The van der Waals surface area contributed by atoms with Gasteiger partial charge in [0.2, 0.25) is 0 Å². The number of phenolic OH excluding ortho intramolecular Hbond substituents is 1. The molecule has 5 heteroatoms. The van der Waals surface area contributed by atoms with E-state index in [1.807, 2.05) is 20.8 Å². The summed E-state index contributed by atoms with van der Waals surface area (Å²) in [6, 6.07) is 2.33. The van der Waals surface area contributed by atoms with Gasteiger partial charge < -0.3 is 25.4 Å². The second kappa shape index (κ2) is 5.67. The van der Waals surface area contributed by atoms with Crippen LogP contribution in [-0.2, 0) is 0 Å². The summed E-state index contributed by atoms with van der Waals surface area (Å²) in [5, 5.41) is 20.3. The Morgan fingerprint density at radius 3 is 2.16 bits per heavy atom. The number of hydrogen-bond acceptors (Lipinski definition) is 5.